The third kappa shape index (κ3) is 12.3. The molecule has 0 amide bonds. The smallest absolute Gasteiger partial charge is 0.466 e. The number of hydrogen-bond acceptors (Lipinski definition) is 4. The van der Waals surface area contributed by atoms with Crippen molar-refractivity contribution in [3.63, 3.8) is 0 Å². The van der Waals surface area contributed by atoms with Crippen LogP contribution in [0.3, 0.4) is 0 Å². The monoisotopic (exact) mass is 298 g/mol. The van der Waals surface area contributed by atoms with Crippen LogP contribution in [0, 0.1) is 0 Å². The molecule has 19 heavy (non-hydrogen) atoms. The van der Waals surface area contributed by atoms with Crippen molar-refractivity contribution in [2.45, 2.75) is 32.3 Å². The van der Waals surface area contributed by atoms with E-state index in [0.29, 0.717) is 23.9 Å². The van der Waals surface area contributed by atoms with Crippen molar-refractivity contribution < 1.29 is 32.9 Å². The first-order valence-corrected chi connectivity index (χ1v) is 7.76. The van der Waals surface area contributed by atoms with Gasteiger partial charge in [-0.3, -0.25) is 9.32 Å². The van der Waals surface area contributed by atoms with Crippen molar-refractivity contribution in [2.24, 2.45) is 0 Å². The molecule has 0 aliphatic rings. The minimum Gasteiger partial charge on any atom is -0.466 e. The second kappa shape index (κ2) is 7.97. The van der Waals surface area contributed by atoms with E-state index in [1.807, 2.05) is 28.1 Å². The molecule has 0 radical (unpaired) electrons. The van der Waals surface area contributed by atoms with Crippen molar-refractivity contribution in [1.82, 2.24) is 0 Å². The lowest BCUT2D eigenvalue weighted by atomic mass is 10.2. The molecule has 1 atom stereocenters. The van der Waals surface area contributed by atoms with Crippen LogP contribution in [0.4, 0.5) is 0 Å². The van der Waals surface area contributed by atoms with Gasteiger partial charge in [-0.1, -0.05) is 6.92 Å². The van der Waals surface area contributed by atoms with E-state index in [9.17, 15) is 9.36 Å². The lowest BCUT2D eigenvalue weighted by molar-refractivity contribution is -0.873. The normalized spacial score (nSPS) is 14.2. The molecule has 0 aliphatic heterocycles. The molecule has 2 N–H and O–H groups in total. The molecule has 8 heteroatoms. The molecule has 0 rings (SSSR count). The summed E-state index contributed by atoms with van der Waals surface area (Å²) >= 11 is 0. The first-order chi connectivity index (χ1) is 8.53. The molecule has 114 valence electrons. The topological polar surface area (TPSA) is 93.1 Å². The van der Waals surface area contributed by atoms with Gasteiger partial charge in [0.25, 0.3) is 0 Å². The molecule has 0 aromatic heterocycles. The van der Waals surface area contributed by atoms with E-state index in [1.165, 1.54) is 0 Å². The number of hydrogen-bond donors (Lipinski definition) is 2. The second-order valence-corrected chi connectivity index (χ2v) is 6.64. The Labute approximate surface area is 114 Å². The zero-order valence-corrected chi connectivity index (χ0v) is 12.9. The summed E-state index contributed by atoms with van der Waals surface area (Å²) in [7, 11) is 1.13. The maximum absolute atomic E-state index is 11.2. The molecule has 0 heterocycles. The molecule has 0 aliphatic carbocycles. The number of phosphoric ester groups is 1. The zero-order chi connectivity index (χ0) is 15.1. The molecule has 1 unspecified atom stereocenters. The van der Waals surface area contributed by atoms with Crippen LogP contribution in [0.15, 0.2) is 0 Å². The van der Waals surface area contributed by atoms with Crippen LogP contribution in [-0.4, -0.2) is 60.6 Å². The van der Waals surface area contributed by atoms with Gasteiger partial charge in [-0.25, -0.2) is 4.57 Å². The largest absolute Gasteiger partial charge is 0.470 e. The molecule has 0 saturated carbocycles. The number of ether oxygens (including phenoxy) is 1. The summed E-state index contributed by atoms with van der Waals surface area (Å²) in [4.78, 5) is 28.9. The Morgan fingerprint density at radius 3 is 2.32 bits per heavy atom. The van der Waals surface area contributed by atoms with Gasteiger partial charge in [0.15, 0.2) is 0 Å². The third-order valence-corrected chi connectivity index (χ3v) is 2.77. The number of esters is 1. The first-order valence-electron chi connectivity index (χ1n) is 6.23. The Balaban J connectivity index is 4.27. The van der Waals surface area contributed by atoms with Crippen LogP contribution in [-0.2, 0) is 18.6 Å². The fourth-order valence-electron chi connectivity index (χ4n) is 1.56. The molecule has 0 bridgehead atoms. The Hall–Kier alpha value is -0.460. The number of phosphoric acid groups is 1. The summed E-state index contributed by atoms with van der Waals surface area (Å²) in [5, 5.41) is 0. The lowest BCUT2D eigenvalue weighted by Crippen LogP contribution is -2.42. The first kappa shape index (κ1) is 18.5. The van der Waals surface area contributed by atoms with Crippen molar-refractivity contribution in [3.05, 3.63) is 0 Å². The molecule has 0 saturated heterocycles. The maximum Gasteiger partial charge on any atom is 0.470 e. The molecule has 0 spiro atoms. The van der Waals surface area contributed by atoms with Crippen LogP contribution in [0.1, 0.15) is 26.2 Å². The van der Waals surface area contributed by atoms with E-state index >= 15 is 0 Å². The van der Waals surface area contributed by atoms with Crippen LogP contribution in [0.25, 0.3) is 0 Å². The van der Waals surface area contributed by atoms with Crippen molar-refractivity contribution in [1.29, 1.82) is 0 Å². The van der Waals surface area contributed by atoms with Gasteiger partial charge in [-0.15, -0.1) is 0 Å². The summed E-state index contributed by atoms with van der Waals surface area (Å²) in [6, 6.07) is 0. The van der Waals surface area contributed by atoms with Crippen LogP contribution < -0.4 is 0 Å². The molecule has 0 fully saturated rings. The highest BCUT2D eigenvalue weighted by Gasteiger charge is 2.27. The minimum absolute atomic E-state index is 0.101. The van der Waals surface area contributed by atoms with E-state index in [0.717, 1.165) is 0 Å². The van der Waals surface area contributed by atoms with E-state index in [2.05, 4.69) is 0 Å². The molecule has 0 aromatic rings. The third-order valence-electron chi connectivity index (χ3n) is 2.19. The number of likely N-dealkylation sites (N-methyl/N-ethyl adjacent to an activating group) is 1. The van der Waals surface area contributed by atoms with E-state index < -0.39 is 13.9 Å². The SMILES string of the molecule is CCCC(=O)OCCC(C[N+](C)(C)C)OP(=O)(O)O. The van der Waals surface area contributed by atoms with Gasteiger partial charge >= 0.3 is 13.8 Å². The van der Waals surface area contributed by atoms with Gasteiger partial charge in [0.1, 0.15) is 12.6 Å². The Kier molecular flexibility index (Phi) is 7.78. The molecule has 7 nitrogen and oxygen atoms in total. The van der Waals surface area contributed by atoms with Gasteiger partial charge in [-0.2, -0.15) is 0 Å². The minimum atomic E-state index is -4.54. The van der Waals surface area contributed by atoms with E-state index in [-0.39, 0.29) is 19.0 Å². The number of rotatable bonds is 9. The van der Waals surface area contributed by atoms with E-state index in [4.69, 9.17) is 19.0 Å². The highest BCUT2D eigenvalue weighted by molar-refractivity contribution is 7.46. The zero-order valence-electron chi connectivity index (χ0n) is 12.0. The molecule has 0 aromatic carbocycles. The summed E-state index contributed by atoms with van der Waals surface area (Å²) in [6.07, 6.45) is 0.658. The number of carbonyl (C=O) groups is 1. The fourth-order valence-corrected chi connectivity index (χ4v) is 2.12. The summed E-state index contributed by atoms with van der Waals surface area (Å²) < 4.78 is 21.1. The van der Waals surface area contributed by atoms with Gasteiger partial charge < -0.3 is 19.0 Å². The van der Waals surface area contributed by atoms with Gasteiger partial charge in [0.05, 0.1) is 27.7 Å². The van der Waals surface area contributed by atoms with Crippen molar-refractivity contribution in [2.75, 3.05) is 34.3 Å². The number of nitrogens with zero attached hydrogens (tertiary/aromatic N) is 1. The number of quaternary nitrogens is 1. The van der Waals surface area contributed by atoms with Crippen LogP contribution in [0.5, 0.6) is 0 Å². The lowest BCUT2D eigenvalue weighted by Gasteiger charge is -2.29. The van der Waals surface area contributed by atoms with Crippen molar-refractivity contribution >= 4 is 13.8 Å². The Morgan fingerprint density at radius 1 is 1.32 bits per heavy atom. The van der Waals surface area contributed by atoms with Gasteiger partial charge in [0, 0.05) is 12.8 Å². The maximum atomic E-state index is 11.2. The number of carbonyl (C=O) groups excluding carboxylic acids is 1. The van der Waals surface area contributed by atoms with Gasteiger partial charge in [0.2, 0.25) is 0 Å². The Bertz CT molecular complexity index is 322. The second-order valence-electron chi connectivity index (χ2n) is 5.45. The Morgan fingerprint density at radius 2 is 1.89 bits per heavy atom. The quantitative estimate of drug-likeness (QED) is 0.373. The highest BCUT2D eigenvalue weighted by Crippen LogP contribution is 2.38. The highest BCUT2D eigenvalue weighted by atomic mass is 31.2. The van der Waals surface area contributed by atoms with Crippen molar-refractivity contribution in [3.8, 4) is 0 Å². The van der Waals surface area contributed by atoms with E-state index in [1.54, 1.807) is 0 Å². The predicted molar refractivity (Wildman–Crippen MR) is 70.3 cm³/mol. The average Bonchev–Trinajstić information content (AvgIpc) is 2.12. The molecular weight excluding hydrogens is 273 g/mol. The predicted octanol–water partition coefficient (Wildman–Crippen LogP) is 0.904. The fraction of sp³-hybridized carbons (Fsp3) is 0.909. The summed E-state index contributed by atoms with van der Waals surface area (Å²) in [5.74, 6) is -0.303. The van der Waals surface area contributed by atoms with Gasteiger partial charge in [-0.05, 0) is 6.42 Å². The average molecular weight is 298 g/mol. The summed E-state index contributed by atoms with van der Waals surface area (Å²) in [5.41, 5.74) is 0. The standard InChI is InChI=1S/C11H24NO6P/c1-5-6-11(13)17-8-7-10(9-12(2,3)4)18-19(14,15)16/h10H,5-9H2,1-4H3,(H-,14,15,16)/p+1. The molecular formula is C11H25NO6P+. The van der Waals surface area contributed by atoms with Crippen LogP contribution >= 0.6 is 7.82 Å². The summed E-state index contributed by atoms with van der Waals surface area (Å²) in [6.45, 7) is 2.39. The van der Waals surface area contributed by atoms with Crippen LogP contribution in [0.2, 0.25) is 0 Å².